The van der Waals surface area contributed by atoms with E-state index in [1.165, 1.54) is 48.4 Å². The third-order valence-electron chi connectivity index (χ3n) is 3.98. The van der Waals surface area contributed by atoms with Crippen LogP contribution in [0.4, 0.5) is 0 Å². The highest BCUT2D eigenvalue weighted by Gasteiger charge is 2.21. The van der Waals surface area contributed by atoms with Gasteiger partial charge in [-0.15, -0.1) is 11.8 Å². The lowest BCUT2D eigenvalue weighted by atomic mass is 10.0. The number of nitrogens with one attached hydrogen (secondary N) is 2. The molecular weight excluding hydrogens is 240 g/mol. The van der Waals surface area contributed by atoms with Crippen molar-refractivity contribution >= 4 is 11.8 Å². The average Bonchev–Trinajstić information content (AvgIpc) is 2.46. The van der Waals surface area contributed by atoms with Gasteiger partial charge >= 0.3 is 0 Å². The van der Waals surface area contributed by atoms with Crippen LogP contribution < -0.4 is 10.6 Å². The largest absolute Gasteiger partial charge is 0.313 e. The summed E-state index contributed by atoms with van der Waals surface area (Å²) in [6, 6.07) is 10.1. The molecule has 18 heavy (non-hydrogen) atoms. The van der Waals surface area contributed by atoms with Crippen LogP contribution in [0.25, 0.3) is 0 Å². The predicted molar refractivity (Wildman–Crippen MR) is 78.2 cm³/mol. The van der Waals surface area contributed by atoms with E-state index in [2.05, 4.69) is 34.9 Å². The molecule has 1 fully saturated rings. The first-order chi connectivity index (χ1) is 8.93. The van der Waals surface area contributed by atoms with Crippen molar-refractivity contribution in [2.75, 3.05) is 18.8 Å². The first-order valence-corrected chi connectivity index (χ1v) is 8.10. The minimum Gasteiger partial charge on any atom is -0.313 e. The summed E-state index contributed by atoms with van der Waals surface area (Å²) in [6.45, 7) is 2.31. The van der Waals surface area contributed by atoms with Crippen LogP contribution in [0.5, 0.6) is 0 Å². The molecule has 1 saturated heterocycles. The summed E-state index contributed by atoms with van der Waals surface area (Å²) in [6.07, 6.45) is 5.32. The lowest BCUT2D eigenvalue weighted by Crippen LogP contribution is -2.43. The van der Waals surface area contributed by atoms with E-state index < -0.39 is 0 Å². The van der Waals surface area contributed by atoms with E-state index in [0.717, 1.165) is 6.54 Å². The molecule has 0 saturated carbocycles. The summed E-state index contributed by atoms with van der Waals surface area (Å²) < 4.78 is 0. The molecule has 2 unspecified atom stereocenters. The van der Waals surface area contributed by atoms with Crippen LogP contribution >= 0.6 is 11.8 Å². The Bertz CT molecular complexity index is 388. The molecule has 2 aliphatic rings. The summed E-state index contributed by atoms with van der Waals surface area (Å²) in [7, 11) is 0. The Kier molecular flexibility index (Phi) is 4.24. The lowest BCUT2D eigenvalue weighted by molar-refractivity contribution is 0.363. The second-order valence-electron chi connectivity index (χ2n) is 5.28. The van der Waals surface area contributed by atoms with Crippen LogP contribution in [0.3, 0.4) is 0 Å². The Balaban J connectivity index is 1.60. The topological polar surface area (TPSA) is 24.1 Å². The molecule has 1 aromatic rings. The smallest absolute Gasteiger partial charge is 0.0339 e. The van der Waals surface area contributed by atoms with Crippen molar-refractivity contribution < 1.29 is 0 Å². The molecule has 3 heteroatoms. The lowest BCUT2D eigenvalue weighted by Gasteiger charge is -2.29. The molecule has 2 N–H and O–H groups in total. The summed E-state index contributed by atoms with van der Waals surface area (Å²) in [5.41, 5.74) is 1.50. The molecule has 1 aromatic carbocycles. The molecule has 2 aliphatic heterocycles. The van der Waals surface area contributed by atoms with Crippen molar-refractivity contribution in [3.05, 3.63) is 29.8 Å². The highest BCUT2D eigenvalue weighted by atomic mass is 32.2. The number of rotatable bonds is 3. The van der Waals surface area contributed by atoms with Crippen molar-refractivity contribution in [1.29, 1.82) is 0 Å². The molecule has 2 nitrogen and oxygen atoms in total. The molecule has 0 aromatic heterocycles. The van der Waals surface area contributed by atoms with Gasteiger partial charge in [-0.3, -0.25) is 0 Å². The Morgan fingerprint density at radius 3 is 3.06 bits per heavy atom. The van der Waals surface area contributed by atoms with E-state index in [0.29, 0.717) is 12.1 Å². The van der Waals surface area contributed by atoms with Crippen LogP contribution in [0.1, 0.15) is 37.3 Å². The van der Waals surface area contributed by atoms with Crippen molar-refractivity contribution in [2.45, 2.75) is 42.7 Å². The highest BCUT2D eigenvalue weighted by Crippen LogP contribution is 2.35. The van der Waals surface area contributed by atoms with Crippen molar-refractivity contribution in [1.82, 2.24) is 10.6 Å². The van der Waals surface area contributed by atoms with Gasteiger partial charge in [0.2, 0.25) is 0 Å². The fraction of sp³-hybridized carbons (Fsp3) is 0.600. The van der Waals surface area contributed by atoms with Gasteiger partial charge in [-0.25, -0.2) is 0 Å². The monoisotopic (exact) mass is 262 g/mol. The van der Waals surface area contributed by atoms with Gasteiger partial charge in [0, 0.05) is 23.5 Å². The molecule has 2 heterocycles. The fourth-order valence-electron chi connectivity index (χ4n) is 2.94. The van der Waals surface area contributed by atoms with E-state index in [9.17, 15) is 0 Å². The van der Waals surface area contributed by atoms with Crippen LogP contribution in [0.2, 0.25) is 0 Å². The zero-order valence-corrected chi connectivity index (χ0v) is 11.6. The van der Waals surface area contributed by atoms with Crippen molar-refractivity contribution in [3.8, 4) is 0 Å². The first kappa shape index (κ1) is 12.5. The first-order valence-electron chi connectivity index (χ1n) is 7.12. The van der Waals surface area contributed by atoms with Gasteiger partial charge < -0.3 is 10.6 Å². The molecule has 3 rings (SSSR count). The van der Waals surface area contributed by atoms with Crippen molar-refractivity contribution in [3.63, 3.8) is 0 Å². The quantitative estimate of drug-likeness (QED) is 0.876. The minimum atomic E-state index is 0.561. The van der Waals surface area contributed by atoms with E-state index in [4.69, 9.17) is 0 Å². The van der Waals surface area contributed by atoms with Gasteiger partial charge in [0.1, 0.15) is 0 Å². The van der Waals surface area contributed by atoms with Crippen LogP contribution in [0, 0.1) is 0 Å². The number of thioether (sulfide) groups is 1. The number of fused-ring (bicyclic) bond motifs is 1. The van der Waals surface area contributed by atoms with Crippen LogP contribution in [-0.2, 0) is 0 Å². The summed E-state index contributed by atoms with van der Waals surface area (Å²) in [5.74, 6) is 1.24. The Morgan fingerprint density at radius 2 is 2.17 bits per heavy atom. The standard InChI is InChI=1S/C15H22N2S/c1-2-7-15-13(6-1)14(8-10-18-15)17-11-12-5-3-4-9-16-12/h1-2,6-7,12,14,16-17H,3-5,8-11H2. The van der Waals surface area contributed by atoms with Crippen LogP contribution in [-0.4, -0.2) is 24.9 Å². The molecule has 0 aliphatic carbocycles. The van der Waals surface area contributed by atoms with E-state index >= 15 is 0 Å². The van der Waals surface area contributed by atoms with Gasteiger partial charge in [-0.05, 0) is 43.2 Å². The molecule has 0 bridgehead atoms. The number of hydrogen-bond donors (Lipinski definition) is 2. The second-order valence-corrected chi connectivity index (χ2v) is 6.42. The van der Waals surface area contributed by atoms with E-state index in [1.807, 2.05) is 11.8 Å². The van der Waals surface area contributed by atoms with Crippen LogP contribution in [0.15, 0.2) is 29.2 Å². The van der Waals surface area contributed by atoms with Gasteiger partial charge in [-0.1, -0.05) is 24.6 Å². The van der Waals surface area contributed by atoms with Gasteiger partial charge in [0.05, 0.1) is 0 Å². The summed E-state index contributed by atoms with van der Waals surface area (Å²) in [5, 5.41) is 7.39. The van der Waals surface area contributed by atoms with E-state index in [1.54, 1.807) is 0 Å². The molecule has 0 amide bonds. The third-order valence-corrected chi connectivity index (χ3v) is 5.10. The molecule has 98 valence electrons. The van der Waals surface area contributed by atoms with Gasteiger partial charge in [-0.2, -0.15) is 0 Å². The summed E-state index contributed by atoms with van der Waals surface area (Å²) in [4.78, 5) is 1.47. The maximum Gasteiger partial charge on any atom is 0.0339 e. The maximum absolute atomic E-state index is 3.77. The zero-order valence-electron chi connectivity index (χ0n) is 10.8. The predicted octanol–water partition coefficient (Wildman–Crippen LogP) is 2.96. The average molecular weight is 262 g/mol. The van der Waals surface area contributed by atoms with Gasteiger partial charge in [0.15, 0.2) is 0 Å². The molecule has 2 atom stereocenters. The highest BCUT2D eigenvalue weighted by molar-refractivity contribution is 7.99. The second kappa shape index (κ2) is 6.09. The Hall–Kier alpha value is -0.510. The Labute approximate surface area is 114 Å². The number of benzene rings is 1. The molecular formula is C15H22N2S. The molecule has 0 spiro atoms. The third kappa shape index (κ3) is 2.90. The minimum absolute atomic E-state index is 0.561. The SMILES string of the molecule is c1ccc2c(c1)SCCC2NCC1CCCCN1. The van der Waals surface area contributed by atoms with Gasteiger partial charge in [0.25, 0.3) is 0 Å². The maximum atomic E-state index is 3.77. The fourth-order valence-corrected chi connectivity index (χ4v) is 4.06. The van der Waals surface area contributed by atoms with E-state index in [-0.39, 0.29) is 0 Å². The van der Waals surface area contributed by atoms with Crippen molar-refractivity contribution in [2.24, 2.45) is 0 Å². The molecule has 0 radical (unpaired) electrons. The zero-order chi connectivity index (χ0) is 12.2. The number of hydrogen-bond acceptors (Lipinski definition) is 3. The summed E-state index contributed by atoms with van der Waals surface area (Å²) >= 11 is 2.00. The Morgan fingerprint density at radius 1 is 1.22 bits per heavy atom. The normalized spacial score (nSPS) is 27.8. The number of piperidine rings is 1.